The molecule has 0 aliphatic heterocycles. The average Bonchev–Trinajstić information content (AvgIpc) is 2.39. The SMILES string of the molecule is COc1cccc([C@@]2(O)CCCC[C@H]2CN)c1.Cl. The molecule has 0 saturated heterocycles. The van der Waals surface area contributed by atoms with Crippen molar-refractivity contribution in [2.45, 2.75) is 31.3 Å². The van der Waals surface area contributed by atoms with Crippen LogP contribution in [0.25, 0.3) is 0 Å². The van der Waals surface area contributed by atoms with E-state index < -0.39 is 5.60 Å². The van der Waals surface area contributed by atoms with Crippen LogP contribution in [0.2, 0.25) is 0 Å². The van der Waals surface area contributed by atoms with Crippen LogP contribution in [0.5, 0.6) is 5.75 Å². The molecule has 4 heteroatoms. The van der Waals surface area contributed by atoms with Gasteiger partial charge in [-0.3, -0.25) is 0 Å². The molecule has 18 heavy (non-hydrogen) atoms. The topological polar surface area (TPSA) is 55.5 Å². The second-order valence-corrected chi connectivity index (χ2v) is 4.83. The number of ether oxygens (including phenoxy) is 1. The van der Waals surface area contributed by atoms with E-state index in [1.54, 1.807) is 7.11 Å². The van der Waals surface area contributed by atoms with E-state index in [1.165, 1.54) is 0 Å². The van der Waals surface area contributed by atoms with Gasteiger partial charge >= 0.3 is 0 Å². The number of nitrogens with two attached hydrogens (primary N) is 1. The summed E-state index contributed by atoms with van der Waals surface area (Å²) in [6.07, 6.45) is 4.02. The van der Waals surface area contributed by atoms with Gasteiger partial charge in [0.05, 0.1) is 12.7 Å². The van der Waals surface area contributed by atoms with Crippen LogP contribution in [-0.2, 0) is 5.60 Å². The van der Waals surface area contributed by atoms with Crippen molar-refractivity contribution >= 4 is 12.4 Å². The maximum Gasteiger partial charge on any atom is 0.119 e. The second-order valence-electron chi connectivity index (χ2n) is 4.83. The molecule has 1 fully saturated rings. The van der Waals surface area contributed by atoms with E-state index in [2.05, 4.69) is 0 Å². The van der Waals surface area contributed by atoms with Crippen molar-refractivity contribution in [3.05, 3.63) is 29.8 Å². The van der Waals surface area contributed by atoms with Crippen LogP contribution in [0.1, 0.15) is 31.2 Å². The van der Waals surface area contributed by atoms with Gasteiger partial charge in [0.1, 0.15) is 5.75 Å². The Morgan fingerprint density at radius 2 is 2.22 bits per heavy atom. The van der Waals surface area contributed by atoms with Crippen molar-refractivity contribution < 1.29 is 9.84 Å². The molecule has 0 unspecified atom stereocenters. The van der Waals surface area contributed by atoms with Crippen molar-refractivity contribution in [3.8, 4) is 5.75 Å². The molecular weight excluding hydrogens is 250 g/mol. The second kappa shape index (κ2) is 6.41. The van der Waals surface area contributed by atoms with Gasteiger partial charge in [0.25, 0.3) is 0 Å². The molecule has 2 atom stereocenters. The predicted molar refractivity (Wildman–Crippen MR) is 75.2 cm³/mol. The third kappa shape index (κ3) is 2.79. The molecule has 0 spiro atoms. The third-order valence-electron chi connectivity index (χ3n) is 3.89. The van der Waals surface area contributed by atoms with Gasteiger partial charge in [-0.2, -0.15) is 0 Å². The van der Waals surface area contributed by atoms with E-state index in [0.29, 0.717) is 6.54 Å². The third-order valence-corrected chi connectivity index (χ3v) is 3.89. The van der Waals surface area contributed by atoms with Crippen molar-refractivity contribution in [1.29, 1.82) is 0 Å². The Kier molecular flexibility index (Phi) is 5.45. The molecule has 0 bridgehead atoms. The number of hydrogen-bond acceptors (Lipinski definition) is 3. The Morgan fingerprint density at radius 3 is 2.89 bits per heavy atom. The number of hydrogen-bond donors (Lipinski definition) is 2. The molecule has 2 rings (SSSR count). The summed E-state index contributed by atoms with van der Waals surface area (Å²) in [5, 5.41) is 10.9. The number of aliphatic hydroxyl groups is 1. The minimum Gasteiger partial charge on any atom is -0.497 e. The van der Waals surface area contributed by atoms with Gasteiger partial charge in [-0.1, -0.05) is 25.0 Å². The molecule has 102 valence electrons. The maximum absolute atomic E-state index is 10.9. The normalized spacial score (nSPS) is 27.4. The van der Waals surface area contributed by atoms with Crippen molar-refractivity contribution in [1.82, 2.24) is 0 Å². The standard InChI is InChI=1S/C14H21NO2.ClH/c1-17-13-7-4-6-11(9-13)14(16)8-3-2-5-12(14)10-15;/h4,6-7,9,12,16H,2-3,5,8,10,15H2,1H3;1H/t12-,14-;/m0./s1. The van der Waals surface area contributed by atoms with E-state index in [4.69, 9.17) is 10.5 Å². The molecule has 1 aromatic rings. The van der Waals surface area contributed by atoms with E-state index in [9.17, 15) is 5.11 Å². The summed E-state index contributed by atoms with van der Waals surface area (Å²) in [5.74, 6) is 0.945. The fraction of sp³-hybridized carbons (Fsp3) is 0.571. The summed E-state index contributed by atoms with van der Waals surface area (Å²) >= 11 is 0. The molecule has 0 amide bonds. The molecular formula is C14H22ClNO2. The number of methoxy groups -OCH3 is 1. The van der Waals surface area contributed by atoms with E-state index in [-0.39, 0.29) is 18.3 Å². The van der Waals surface area contributed by atoms with Gasteiger partial charge in [0.2, 0.25) is 0 Å². The summed E-state index contributed by atoms with van der Waals surface area (Å²) in [6.45, 7) is 0.535. The molecule has 1 aliphatic rings. The Labute approximate surface area is 115 Å². The summed E-state index contributed by atoms with van der Waals surface area (Å²) < 4.78 is 5.22. The zero-order valence-corrected chi connectivity index (χ0v) is 11.6. The lowest BCUT2D eigenvalue weighted by Gasteiger charge is -2.40. The number of rotatable bonds is 3. The molecule has 0 aromatic heterocycles. The van der Waals surface area contributed by atoms with Crippen molar-refractivity contribution in [2.75, 3.05) is 13.7 Å². The number of benzene rings is 1. The smallest absolute Gasteiger partial charge is 0.119 e. The Hall–Kier alpha value is -0.770. The molecule has 3 N–H and O–H groups in total. The lowest BCUT2D eigenvalue weighted by Crippen LogP contribution is -2.41. The predicted octanol–water partition coefficient (Wildman–Crippen LogP) is 2.45. The molecule has 1 saturated carbocycles. The van der Waals surface area contributed by atoms with Crippen LogP contribution < -0.4 is 10.5 Å². The van der Waals surface area contributed by atoms with Gasteiger partial charge in [0, 0.05) is 5.92 Å². The largest absolute Gasteiger partial charge is 0.497 e. The summed E-state index contributed by atoms with van der Waals surface area (Å²) in [6, 6.07) is 7.71. The van der Waals surface area contributed by atoms with Gasteiger partial charge in [-0.05, 0) is 37.1 Å². The highest BCUT2D eigenvalue weighted by molar-refractivity contribution is 5.85. The van der Waals surface area contributed by atoms with Gasteiger partial charge in [0.15, 0.2) is 0 Å². The van der Waals surface area contributed by atoms with Gasteiger partial charge in [-0.15, -0.1) is 12.4 Å². The van der Waals surface area contributed by atoms with Crippen LogP contribution in [-0.4, -0.2) is 18.8 Å². The van der Waals surface area contributed by atoms with E-state index in [0.717, 1.165) is 37.0 Å². The first-order valence-corrected chi connectivity index (χ1v) is 6.27. The van der Waals surface area contributed by atoms with Crippen molar-refractivity contribution in [2.24, 2.45) is 11.7 Å². The minimum atomic E-state index is -0.776. The maximum atomic E-state index is 10.9. The molecule has 0 heterocycles. The monoisotopic (exact) mass is 271 g/mol. The van der Waals surface area contributed by atoms with Crippen LogP contribution in [0, 0.1) is 5.92 Å². The zero-order valence-electron chi connectivity index (χ0n) is 10.8. The summed E-state index contributed by atoms with van der Waals surface area (Å²) in [5.41, 5.74) is 5.96. The zero-order chi connectivity index (χ0) is 12.3. The van der Waals surface area contributed by atoms with Gasteiger partial charge in [-0.25, -0.2) is 0 Å². The highest BCUT2D eigenvalue weighted by atomic mass is 35.5. The molecule has 0 radical (unpaired) electrons. The summed E-state index contributed by atoms with van der Waals surface area (Å²) in [7, 11) is 1.64. The first kappa shape index (κ1) is 15.3. The Bertz CT molecular complexity index is 386. The van der Waals surface area contributed by atoms with Crippen LogP contribution in [0.15, 0.2) is 24.3 Å². The van der Waals surface area contributed by atoms with Crippen LogP contribution in [0.4, 0.5) is 0 Å². The van der Waals surface area contributed by atoms with E-state index in [1.807, 2.05) is 24.3 Å². The van der Waals surface area contributed by atoms with Gasteiger partial charge < -0.3 is 15.6 Å². The van der Waals surface area contributed by atoms with Crippen LogP contribution >= 0.6 is 12.4 Å². The fourth-order valence-corrected chi connectivity index (χ4v) is 2.81. The molecule has 1 aromatic carbocycles. The highest BCUT2D eigenvalue weighted by Crippen LogP contribution is 2.41. The first-order valence-electron chi connectivity index (χ1n) is 6.27. The average molecular weight is 272 g/mol. The summed E-state index contributed by atoms with van der Waals surface area (Å²) in [4.78, 5) is 0. The Morgan fingerprint density at radius 1 is 1.44 bits per heavy atom. The van der Waals surface area contributed by atoms with E-state index >= 15 is 0 Å². The lowest BCUT2D eigenvalue weighted by molar-refractivity contribution is -0.0507. The highest BCUT2D eigenvalue weighted by Gasteiger charge is 2.39. The number of halogens is 1. The molecule has 1 aliphatic carbocycles. The fourth-order valence-electron chi connectivity index (χ4n) is 2.81. The first-order chi connectivity index (χ1) is 8.20. The minimum absolute atomic E-state index is 0. The van der Waals surface area contributed by atoms with Crippen molar-refractivity contribution in [3.63, 3.8) is 0 Å². The van der Waals surface area contributed by atoms with Crippen LogP contribution in [0.3, 0.4) is 0 Å². The lowest BCUT2D eigenvalue weighted by atomic mass is 9.71. The quantitative estimate of drug-likeness (QED) is 0.888. The molecule has 3 nitrogen and oxygen atoms in total. The Balaban J connectivity index is 0.00000162.